The van der Waals surface area contributed by atoms with E-state index in [0.29, 0.717) is 6.04 Å². The van der Waals surface area contributed by atoms with Gasteiger partial charge < -0.3 is 10.2 Å². The minimum atomic E-state index is 0.500. The Morgan fingerprint density at radius 3 is 3.08 bits per heavy atom. The van der Waals surface area contributed by atoms with E-state index in [1.54, 1.807) is 11.8 Å². The van der Waals surface area contributed by atoms with Crippen molar-refractivity contribution in [3.8, 4) is 0 Å². The van der Waals surface area contributed by atoms with Crippen LogP contribution in [0, 0.1) is 11.8 Å². The maximum Gasteiger partial charge on any atom is 0.173 e. The fourth-order valence-electron chi connectivity index (χ4n) is 5.83. The van der Waals surface area contributed by atoms with Crippen LogP contribution in [0.1, 0.15) is 38.5 Å². The molecule has 138 valence electrons. The molecule has 5 heteroatoms. The first-order chi connectivity index (χ1) is 12.8. The molecule has 0 radical (unpaired) electrons. The van der Waals surface area contributed by atoms with E-state index in [9.17, 15) is 0 Å². The largest absolute Gasteiger partial charge is 0.342 e. The minimum absolute atomic E-state index is 0.500. The van der Waals surface area contributed by atoms with Crippen LogP contribution in [0.25, 0.3) is 0 Å². The Bertz CT molecular complexity index is 703. The van der Waals surface area contributed by atoms with E-state index in [1.807, 2.05) is 18.3 Å². The molecule has 1 N–H and O–H groups in total. The van der Waals surface area contributed by atoms with Gasteiger partial charge in [-0.05, 0) is 74.8 Å². The number of rotatable bonds is 1. The van der Waals surface area contributed by atoms with Gasteiger partial charge in [-0.2, -0.15) is 0 Å². The summed E-state index contributed by atoms with van der Waals surface area (Å²) < 4.78 is 0. The molecule has 3 fully saturated rings. The van der Waals surface area contributed by atoms with E-state index >= 15 is 0 Å². The van der Waals surface area contributed by atoms with Crippen molar-refractivity contribution in [2.75, 3.05) is 25.0 Å². The predicted molar refractivity (Wildman–Crippen MR) is 109 cm³/mol. The Hall–Kier alpha value is -1.46. The van der Waals surface area contributed by atoms with Crippen LogP contribution in [-0.2, 0) is 0 Å². The molecule has 1 aromatic rings. The topological polar surface area (TPSA) is 31.4 Å². The fourth-order valence-corrected chi connectivity index (χ4v) is 6.16. The Balaban J connectivity index is 1.39. The Labute approximate surface area is 161 Å². The summed E-state index contributed by atoms with van der Waals surface area (Å²) in [7, 11) is 0. The Kier molecular flexibility index (Phi) is 4.45. The quantitative estimate of drug-likeness (QED) is 0.604. The van der Waals surface area contributed by atoms with Crippen LogP contribution in [0.15, 0.2) is 36.2 Å². The number of nitrogens with zero attached hydrogens (tertiary/aromatic N) is 3. The SMILES string of the molecule is S=C(Nc1cccnc1)N1CCCC2=C[C@@H]3C[C@H](CN4CCCC[C@H]34)[C@@H]21. The lowest BCUT2D eigenvalue weighted by Crippen LogP contribution is -2.60. The second kappa shape index (κ2) is 6.93. The van der Waals surface area contributed by atoms with Crippen molar-refractivity contribution in [3.05, 3.63) is 36.2 Å². The average Bonchev–Trinajstić information content (AvgIpc) is 2.68. The van der Waals surface area contributed by atoms with E-state index < -0.39 is 0 Å². The number of fused-ring (bicyclic) bond motifs is 6. The number of hydrogen-bond acceptors (Lipinski definition) is 3. The first-order valence-corrected chi connectivity index (χ1v) is 10.6. The summed E-state index contributed by atoms with van der Waals surface area (Å²) in [6.45, 7) is 3.62. The van der Waals surface area contributed by atoms with Gasteiger partial charge in [0.25, 0.3) is 0 Å². The monoisotopic (exact) mass is 368 g/mol. The molecule has 26 heavy (non-hydrogen) atoms. The molecule has 1 aromatic heterocycles. The number of piperidine rings is 3. The summed E-state index contributed by atoms with van der Waals surface area (Å²) in [5, 5.41) is 4.30. The maximum atomic E-state index is 5.83. The lowest BCUT2D eigenvalue weighted by Gasteiger charge is -2.55. The number of likely N-dealkylation sites (tertiary alicyclic amines) is 1. The van der Waals surface area contributed by atoms with E-state index in [0.717, 1.165) is 35.2 Å². The van der Waals surface area contributed by atoms with E-state index in [4.69, 9.17) is 12.2 Å². The summed E-state index contributed by atoms with van der Waals surface area (Å²) in [4.78, 5) is 9.47. The molecule has 2 bridgehead atoms. The number of pyridine rings is 1. The molecule has 4 atom stereocenters. The van der Waals surface area contributed by atoms with Crippen LogP contribution in [0.4, 0.5) is 5.69 Å². The standard InChI is InChI=1S/C21H28N4S/c26-21(23-18-6-3-8-22-13-18)25-10-4-5-15-11-16-12-17(20(15)25)14-24-9-2-1-7-19(16)24/h3,6,8,11,13,16-17,19-20H,1-2,4-5,7,9-10,12,14H2,(H,23,26)/t16-,17-,19-,20-/m1/s1. The average molecular weight is 369 g/mol. The van der Waals surface area contributed by atoms with Gasteiger partial charge in [-0.25, -0.2) is 0 Å². The van der Waals surface area contributed by atoms with E-state index in [1.165, 1.54) is 51.6 Å². The zero-order valence-electron chi connectivity index (χ0n) is 15.3. The fraction of sp³-hybridized carbons (Fsp3) is 0.619. The molecule has 4 heterocycles. The van der Waals surface area contributed by atoms with Crippen molar-refractivity contribution in [2.45, 2.75) is 50.6 Å². The molecule has 0 amide bonds. The third-order valence-electron chi connectivity index (χ3n) is 6.83. The molecule has 4 aliphatic rings. The van der Waals surface area contributed by atoms with Gasteiger partial charge in [0.15, 0.2) is 5.11 Å². The number of anilines is 1. The van der Waals surface area contributed by atoms with Crippen molar-refractivity contribution in [3.63, 3.8) is 0 Å². The lowest BCUT2D eigenvalue weighted by atomic mass is 9.68. The van der Waals surface area contributed by atoms with Gasteiger partial charge in [0.05, 0.1) is 17.9 Å². The molecule has 3 saturated heterocycles. The molecule has 3 aliphatic heterocycles. The zero-order valence-corrected chi connectivity index (χ0v) is 16.1. The molecule has 5 rings (SSSR count). The highest BCUT2D eigenvalue weighted by Crippen LogP contribution is 2.45. The third kappa shape index (κ3) is 2.95. The zero-order chi connectivity index (χ0) is 17.5. The van der Waals surface area contributed by atoms with Gasteiger partial charge in [0.1, 0.15) is 0 Å². The molecule has 0 spiro atoms. The van der Waals surface area contributed by atoms with Gasteiger partial charge in [-0.15, -0.1) is 0 Å². The minimum Gasteiger partial charge on any atom is -0.342 e. The van der Waals surface area contributed by atoms with Crippen LogP contribution < -0.4 is 5.32 Å². The van der Waals surface area contributed by atoms with Crippen LogP contribution in [0.2, 0.25) is 0 Å². The van der Waals surface area contributed by atoms with E-state index in [-0.39, 0.29) is 0 Å². The van der Waals surface area contributed by atoms with Gasteiger partial charge >= 0.3 is 0 Å². The molecule has 0 unspecified atom stereocenters. The second-order valence-corrected chi connectivity index (χ2v) is 8.76. The van der Waals surface area contributed by atoms with Crippen molar-refractivity contribution >= 4 is 23.0 Å². The van der Waals surface area contributed by atoms with Crippen molar-refractivity contribution in [1.29, 1.82) is 0 Å². The summed E-state index contributed by atoms with van der Waals surface area (Å²) in [6, 6.07) is 5.30. The summed E-state index contributed by atoms with van der Waals surface area (Å²) in [6.07, 6.45) is 14.3. The van der Waals surface area contributed by atoms with Crippen molar-refractivity contribution in [1.82, 2.24) is 14.8 Å². The first-order valence-electron chi connectivity index (χ1n) is 10.2. The van der Waals surface area contributed by atoms with Crippen LogP contribution in [0.5, 0.6) is 0 Å². The van der Waals surface area contributed by atoms with Crippen molar-refractivity contribution in [2.24, 2.45) is 11.8 Å². The lowest BCUT2D eigenvalue weighted by molar-refractivity contribution is 0.0132. The smallest absolute Gasteiger partial charge is 0.173 e. The number of hydrogen-bond donors (Lipinski definition) is 1. The van der Waals surface area contributed by atoms with Gasteiger partial charge in [0, 0.05) is 25.3 Å². The van der Waals surface area contributed by atoms with E-state index in [2.05, 4.69) is 26.2 Å². The van der Waals surface area contributed by atoms with Crippen LogP contribution in [0.3, 0.4) is 0 Å². The van der Waals surface area contributed by atoms with Crippen LogP contribution in [-0.4, -0.2) is 51.6 Å². The molecule has 0 aromatic carbocycles. The van der Waals surface area contributed by atoms with Gasteiger partial charge in [0.2, 0.25) is 0 Å². The molecule has 4 nitrogen and oxygen atoms in total. The Morgan fingerprint density at radius 1 is 1.23 bits per heavy atom. The molecule has 0 saturated carbocycles. The molecular weight excluding hydrogens is 340 g/mol. The van der Waals surface area contributed by atoms with Gasteiger partial charge in [-0.3, -0.25) is 9.88 Å². The van der Waals surface area contributed by atoms with Gasteiger partial charge in [-0.1, -0.05) is 18.1 Å². The summed E-state index contributed by atoms with van der Waals surface area (Å²) in [5.74, 6) is 1.50. The highest BCUT2D eigenvalue weighted by Gasteiger charge is 2.46. The summed E-state index contributed by atoms with van der Waals surface area (Å²) in [5.41, 5.74) is 2.65. The van der Waals surface area contributed by atoms with Crippen LogP contribution >= 0.6 is 12.2 Å². The highest BCUT2D eigenvalue weighted by molar-refractivity contribution is 7.80. The second-order valence-electron chi connectivity index (χ2n) is 8.37. The summed E-state index contributed by atoms with van der Waals surface area (Å²) >= 11 is 5.83. The predicted octanol–water partition coefficient (Wildman–Crippen LogP) is 3.67. The number of nitrogens with one attached hydrogen (secondary N) is 1. The number of aromatic nitrogens is 1. The normalized spacial score (nSPS) is 33.7. The number of thiocarbonyl (C=S) groups is 1. The first kappa shape index (κ1) is 16.7. The van der Waals surface area contributed by atoms with Crippen molar-refractivity contribution < 1.29 is 0 Å². The third-order valence-corrected chi connectivity index (χ3v) is 7.17. The molecule has 1 aliphatic carbocycles. The highest BCUT2D eigenvalue weighted by atomic mass is 32.1. The molecular formula is C21H28N4S. The maximum absolute atomic E-state index is 5.83. The Morgan fingerprint density at radius 2 is 2.19 bits per heavy atom.